The van der Waals surface area contributed by atoms with Gasteiger partial charge in [0, 0.05) is 30.6 Å². The first-order valence-corrected chi connectivity index (χ1v) is 8.04. The van der Waals surface area contributed by atoms with Gasteiger partial charge in [-0.3, -0.25) is 0 Å². The Morgan fingerprint density at radius 3 is 2.45 bits per heavy atom. The van der Waals surface area contributed by atoms with Crippen molar-refractivity contribution >= 4 is 11.3 Å². The highest BCUT2D eigenvalue weighted by Gasteiger charge is 2.12. The molecule has 2 aromatic rings. The lowest BCUT2D eigenvalue weighted by Gasteiger charge is -2.19. The molecule has 3 heteroatoms. The van der Waals surface area contributed by atoms with Gasteiger partial charge in [-0.15, -0.1) is 11.3 Å². The molecule has 1 atom stereocenters. The molecule has 0 saturated heterocycles. The molecule has 0 saturated carbocycles. The van der Waals surface area contributed by atoms with Crippen molar-refractivity contribution in [2.45, 2.75) is 45.6 Å². The zero-order valence-corrected chi connectivity index (χ0v) is 13.6. The van der Waals surface area contributed by atoms with E-state index in [1.807, 2.05) is 11.6 Å². The van der Waals surface area contributed by atoms with E-state index in [-0.39, 0.29) is 5.41 Å². The maximum atomic E-state index is 4.36. The van der Waals surface area contributed by atoms with E-state index in [0.717, 1.165) is 13.1 Å². The largest absolute Gasteiger partial charge is 0.312 e. The van der Waals surface area contributed by atoms with Crippen molar-refractivity contribution in [1.82, 2.24) is 10.3 Å². The van der Waals surface area contributed by atoms with Crippen molar-refractivity contribution in [3.8, 4) is 0 Å². The lowest BCUT2D eigenvalue weighted by Crippen LogP contribution is -2.19. The monoisotopic (exact) mass is 288 g/mol. The van der Waals surface area contributed by atoms with Gasteiger partial charge in [-0.25, -0.2) is 4.98 Å². The highest BCUT2D eigenvalue weighted by Crippen LogP contribution is 2.22. The topological polar surface area (TPSA) is 24.9 Å². The first-order valence-electron chi connectivity index (χ1n) is 7.16. The van der Waals surface area contributed by atoms with Crippen molar-refractivity contribution in [3.63, 3.8) is 0 Å². The maximum absolute atomic E-state index is 4.36. The van der Waals surface area contributed by atoms with Crippen molar-refractivity contribution in [3.05, 3.63) is 52.0 Å². The van der Waals surface area contributed by atoms with Crippen molar-refractivity contribution in [2.75, 3.05) is 6.54 Å². The highest BCUT2D eigenvalue weighted by molar-refractivity contribution is 7.09. The van der Waals surface area contributed by atoms with Gasteiger partial charge in [0.05, 0.1) is 5.01 Å². The smallest absolute Gasteiger partial charge is 0.0965 e. The Morgan fingerprint density at radius 2 is 1.90 bits per heavy atom. The zero-order valence-electron chi connectivity index (χ0n) is 12.8. The molecule has 0 aliphatic carbocycles. The molecule has 0 fully saturated rings. The van der Waals surface area contributed by atoms with Gasteiger partial charge in [0.1, 0.15) is 0 Å². The Labute approximate surface area is 126 Å². The van der Waals surface area contributed by atoms with Crippen LogP contribution in [0, 0.1) is 0 Å². The minimum Gasteiger partial charge on any atom is -0.312 e. The fourth-order valence-corrected chi connectivity index (χ4v) is 2.82. The molecule has 0 amide bonds. The molecular weight excluding hydrogens is 264 g/mol. The SMILES string of the molecule is CC(CNCc1ccc(C(C)(C)C)cc1)c1nccs1. The Kier molecular flexibility index (Phi) is 4.95. The predicted molar refractivity (Wildman–Crippen MR) is 87.4 cm³/mol. The summed E-state index contributed by atoms with van der Waals surface area (Å²) in [5, 5.41) is 6.76. The second kappa shape index (κ2) is 6.51. The average molecular weight is 288 g/mol. The van der Waals surface area contributed by atoms with E-state index in [1.165, 1.54) is 16.1 Å². The molecule has 0 bridgehead atoms. The van der Waals surface area contributed by atoms with E-state index >= 15 is 0 Å². The van der Waals surface area contributed by atoms with Crippen LogP contribution in [-0.4, -0.2) is 11.5 Å². The molecule has 0 spiro atoms. The van der Waals surface area contributed by atoms with Crippen LogP contribution >= 0.6 is 11.3 Å². The molecule has 20 heavy (non-hydrogen) atoms. The summed E-state index contributed by atoms with van der Waals surface area (Å²) in [7, 11) is 0. The second-order valence-corrected chi connectivity index (χ2v) is 7.28. The van der Waals surface area contributed by atoms with Crippen molar-refractivity contribution < 1.29 is 0 Å². The van der Waals surface area contributed by atoms with Gasteiger partial charge in [0.25, 0.3) is 0 Å². The molecular formula is C17H24N2S. The minimum atomic E-state index is 0.227. The number of rotatable bonds is 5. The van der Waals surface area contributed by atoms with Gasteiger partial charge < -0.3 is 5.32 Å². The van der Waals surface area contributed by atoms with Crippen LogP contribution in [0.1, 0.15) is 49.7 Å². The van der Waals surface area contributed by atoms with E-state index in [9.17, 15) is 0 Å². The fourth-order valence-electron chi connectivity index (χ4n) is 2.12. The summed E-state index contributed by atoms with van der Waals surface area (Å²) in [5.41, 5.74) is 2.95. The highest BCUT2D eigenvalue weighted by atomic mass is 32.1. The molecule has 0 aliphatic heterocycles. The first-order chi connectivity index (χ1) is 9.47. The number of nitrogens with zero attached hydrogens (tertiary/aromatic N) is 1. The van der Waals surface area contributed by atoms with Crippen LogP contribution < -0.4 is 5.32 Å². The third kappa shape index (κ3) is 4.15. The van der Waals surface area contributed by atoms with Crippen LogP contribution in [0.2, 0.25) is 0 Å². The Balaban J connectivity index is 1.83. The standard InChI is InChI=1S/C17H24N2S/c1-13(16-19-9-10-20-16)11-18-12-14-5-7-15(8-6-14)17(2,3)4/h5-10,13,18H,11-12H2,1-4H3. The maximum Gasteiger partial charge on any atom is 0.0965 e. The summed E-state index contributed by atoms with van der Waals surface area (Å²) in [6.45, 7) is 10.8. The molecule has 1 heterocycles. The summed E-state index contributed by atoms with van der Waals surface area (Å²) in [6.07, 6.45) is 1.88. The summed E-state index contributed by atoms with van der Waals surface area (Å²) in [5.74, 6) is 0.476. The third-order valence-electron chi connectivity index (χ3n) is 3.47. The fraction of sp³-hybridized carbons (Fsp3) is 0.471. The van der Waals surface area contributed by atoms with Gasteiger partial charge in [0.15, 0.2) is 0 Å². The number of benzene rings is 1. The molecule has 1 unspecified atom stereocenters. The second-order valence-electron chi connectivity index (χ2n) is 6.35. The first kappa shape index (κ1) is 15.2. The Hall–Kier alpha value is -1.19. The molecule has 1 aromatic heterocycles. The van der Waals surface area contributed by atoms with E-state index in [1.54, 1.807) is 11.3 Å². The van der Waals surface area contributed by atoms with Crippen LogP contribution in [0.5, 0.6) is 0 Å². The number of hydrogen-bond acceptors (Lipinski definition) is 3. The quantitative estimate of drug-likeness (QED) is 0.885. The van der Waals surface area contributed by atoms with Crippen LogP contribution in [0.4, 0.5) is 0 Å². The molecule has 0 radical (unpaired) electrons. The number of aromatic nitrogens is 1. The summed E-state index contributed by atoms with van der Waals surface area (Å²) < 4.78 is 0. The summed E-state index contributed by atoms with van der Waals surface area (Å²) >= 11 is 1.73. The summed E-state index contributed by atoms with van der Waals surface area (Å²) in [4.78, 5) is 4.36. The molecule has 0 aliphatic rings. The van der Waals surface area contributed by atoms with Gasteiger partial charge in [-0.2, -0.15) is 0 Å². The molecule has 1 aromatic carbocycles. The predicted octanol–water partition coefficient (Wildman–Crippen LogP) is 4.33. The van der Waals surface area contributed by atoms with E-state index in [2.05, 4.69) is 62.3 Å². The van der Waals surface area contributed by atoms with Crippen LogP contribution in [0.15, 0.2) is 35.8 Å². The Morgan fingerprint density at radius 1 is 1.20 bits per heavy atom. The molecule has 1 N–H and O–H groups in total. The average Bonchev–Trinajstić information content (AvgIpc) is 2.92. The molecule has 2 nitrogen and oxygen atoms in total. The Bertz CT molecular complexity index is 509. The van der Waals surface area contributed by atoms with Crippen LogP contribution in [-0.2, 0) is 12.0 Å². The van der Waals surface area contributed by atoms with Crippen LogP contribution in [0.25, 0.3) is 0 Å². The van der Waals surface area contributed by atoms with Gasteiger partial charge in [0.2, 0.25) is 0 Å². The van der Waals surface area contributed by atoms with Gasteiger partial charge in [-0.1, -0.05) is 52.0 Å². The van der Waals surface area contributed by atoms with E-state index in [4.69, 9.17) is 0 Å². The zero-order chi connectivity index (χ0) is 14.6. The van der Waals surface area contributed by atoms with Gasteiger partial charge >= 0.3 is 0 Å². The van der Waals surface area contributed by atoms with Crippen molar-refractivity contribution in [1.29, 1.82) is 0 Å². The lowest BCUT2D eigenvalue weighted by molar-refractivity contribution is 0.588. The molecule has 108 valence electrons. The number of thiazole rings is 1. The van der Waals surface area contributed by atoms with E-state index < -0.39 is 0 Å². The van der Waals surface area contributed by atoms with Gasteiger partial charge in [-0.05, 0) is 16.5 Å². The number of nitrogens with one attached hydrogen (secondary N) is 1. The van der Waals surface area contributed by atoms with E-state index in [0.29, 0.717) is 5.92 Å². The molecule has 2 rings (SSSR count). The normalized spacial score (nSPS) is 13.4. The van der Waals surface area contributed by atoms with Crippen LogP contribution in [0.3, 0.4) is 0 Å². The minimum absolute atomic E-state index is 0.227. The van der Waals surface area contributed by atoms with Crippen molar-refractivity contribution in [2.24, 2.45) is 0 Å². The lowest BCUT2D eigenvalue weighted by atomic mass is 9.87. The number of hydrogen-bond donors (Lipinski definition) is 1. The summed E-state index contributed by atoms with van der Waals surface area (Å²) in [6, 6.07) is 8.92. The third-order valence-corrected chi connectivity index (χ3v) is 4.48.